The first-order valence-corrected chi connectivity index (χ1v) is 7.12. The van der Waals surface area contributed by atoms with E-state index in [1.165, 1.54) is 11.1 Å². The molecule has 0 unspecified atom stereocenters. The van der Waals surface area contributed by atoms with Crippen LogP contribution in [-0.2, 0) is 0 Å². The predicted octanol–water partition coefficient (Wildman–Crippen LogP) is 3.42. The van der Waals surface area contributed by atoms with Crippen molar-refractivity contribution < 1.29 is 9.53 Å². The van der Waals surface area contributed by atoms with Crippen molar-refractivity contribution in [1.29, 1.82) is 0 Å². The molecule has 0 aliphatic carbocycles. The summed E-state index contributed by atoms with van der Waals surface area (Å²) in [6, 6.07) is 13.3. The summed E-state index contributed by atoms with van der Waals surface area (Å²) in [5.41, 5.74) is 4.26. The Kier molecular flexibility index (Phi) is 4.99. The van der Waals surface area contributed by atoms with E-state index < -0.39 is 0 Å². The standard InChI is InChI=1S/C18H21NO2/c1-13-11-15(3)17(12-14(13)2)21-10-9-19-18(20)16-7-5-4-6-8-16/h4-8,11-12H,9-10H2,1-3H3,(H,19,20). The summed E-state index contributed by atoms with van der Waals surface area (Å²) in [5, 5.41) is 2.85. The fourth-order valence-electron chi connectivity index (χ4n) is 2.11. The van der Waals surface area contributed by atoms with E-state index >= 15 is 0 Å². The molecule has 0 saturated carbocycles. The van der Waals surface area contributed by atoms with Crippen LogP contribution in [-0.4, -0.2) is 19.1 Å². The van der Waals surface area contributed by atoms with Crippen LogP contribution >= 0.6 is 0 Å². The highest BCUT2D eigenvalue weighted by Crippen LogP contribution is 2.22. The molecule has 2 aromatic rings. The second-order valence-corrected chi connectivity index (χ2v) is 5.17. The Balaban J connectivity index is 1.83. The van der Waals surface area contributed by atoms with E-state index in [1.807, 2.05) is 31.2 Å². The van der Waals surface area contributed by atoms with Gasteiger partial charge in [0.15, 0.2) is 0 Å². The Morgan fingerprint density at radius 1 is 1.00 bits per heavy atom. The number of benzene rings is 2. The maximum Gasteiger partial charge on any atom is 0.251 e. The fraction of sp³-hybridized carbons (Fsp3) is 0.278. The Morgan fingerprint density at radius 2 is 1.67 bits per heavy atom. The van der Waals surface area contributed by atoms with Crippen LogP contribution in [0.3, 0.4) is 0 Å². The van der Waals surface area contributed by atoms with Crippen LogP contribution in [0.2, 0.25) is 0 Å². The van der Waals surface area contributed by atoms with Gasteiger partial charge in [-0.25, -0.2) is 0 Å². The molecule has 110 valence electrons. The zero-order chi connectivity index (χ0) is 15.2. The molecule has 1 amide bonds. The zero-order valence-corrected chi connectivity index (χ0v) is 12.8. The maximum atomic E-state index is 11.9. The molecule has 0 bridgehead atoms. The molecule has 0 fully saturated rings. The summed E-state index contributed by atoms with van der Waals surface area (Å²) >= 11 is 0. The van der Waals surface area contributed by atoms with E-state index in [0.29, 0.717) is 18.7 Å². The third-order valence-electron chi connectivity index (χ3n) is 3.47. The fourth-order valence-corrected chi connectivity index (χ4v) is 2.11. The summed E-state index contributed by atoms with van der Waals surface area (Å²) in [5.74, 6) is 0.808. The Bertz CT molecular complexity index is 621. The summed E-state index contributed by atoms with van der Waals surface area (Å²) in [7, 11) is 0. The first-order chi connectivity index (χ1) is 10.1. The predicted molar refractivity (Wildman–Crippen MR) is 84.9 cm³/mol. The quantitative estimate of drug-likeness (QED) is 0.854. The van der Waals surface area contributed by atoms with Crippen LogP contribution in [0.15, 0.2) is 42.5 Å². The van der Waals surface area contributed by atoms with Crippen LogP contribution < -0.4 is 10.1 Å². The third-order valence-corrected chi connectivity index (χ3v) is 3.47. The van der Waals surface area contributed by atoms with Crippen molar-refractivity contribution in [3.8, 4) is 5.75 Å². The minimum atomic E-state index is -0.0731. The van der Waals surface area contributed by atoms with Gasteiger partial charge >= 0.3 is 0 Å². The molecule has 0 spiro atoms. The lowest BCUT2D eigenvalue weighted by Crippen LogP contribution is -2.28. The summed E-state index contributed by atoms with van der Waals surface area (Å²) in [4.78, 5) is 11.9. The van der Waals surface area contributed by atoms with Gasteiger partial charge < -0.3 is 10.1 Å². The van der Waals surface area contributed by atoms with Gasteiger partial charge in [-0.3, -0.25) is 4.79 Å². The molecular weight excluding hydrogens is 262 g/mol. The van der Waals surface area contributed by atoms with Gasteiger partial charge in [-0.1, -0.05) is 24.3 Å². The van der Waals surface area contributed by atoms with Crippen LogP contribution in [0.25, 0.3) is 0 Å². The average Bonchev–Trinajstić information content (AvgIpc) is 2.49. The molecule has 0 heterocycles. The topological polar surface area (TPSA) is 38.3 Å². The van der Waals surface area contributed by atoms with Gasteiger partial charge in [0.05, 0.1) is 6.54 Å². The molecule has 2 aromatic carbocycles. The van der Waals surface area contributed by atoms with Crippen molar-refractivity contribution in [3.05, 3.63) is 64.7 Å². The number of aryl methyl sites for hydroxylation is 3. The summed E-state index contributed by atoms with van der Waals surface area (Å²) < 4.78 is 5.74. The molecule has 0 aliphatic heterocycles. The number of nitrogens with one attached hydrogen (secondary N) is 1. The molecule has 0 atom stereocenters. The lowest BCUT2D eigenvalue weighted by Gasteiger charge is -2.12. The van der Waals surface area contributed by atoms with Gasteiger partial charge in [0.25, 0.3) is 5.91 Å². The van der Waals surface area contributed by atoms with Gasteiger partial charge in [0.2, 0.25) is 0 Å². The van der Waals surface area contributed by atoms with Gasteiger partial charge in [-0.05, 0) is 55.7 Å². The Morgan fingerprint density at radius 3 is 2.38 bits per heavy atom. The molecule has 3 heteroatoms. The molecule has 0 aromatic heterocycles. The SMILES string of the molecule is Cc1cc(C)c(OCCNC(=O)c2ccccc2)cc1C. The zero-order valence-electron chi connectivity index (χ0n) is 12.8. The normalized spacial score (nSPS) is 10.2. The minimum Gasteiger partial charge on any atom is -0.491 e. The number of carbonyl (C=O) groups excluding carboxylic acids is 1. The highest BCUT2D eigenvalue weighted by atomic mass is 16.5. The molecule has 3 nitrogen and oxygen atoms in total. The van der Waals surface area contributed by atoms with Gasteiger partial charge in [0.1, 0.15) is 12.4 Å². The van der Waals surface area contributed by atoms with Crippen molar-refractivity contribution in [1.82, 2.24) is 5.32 Å². The molecule has 1 N–H and O–H groups in total. The van der Waals surface area contributed by atoms with Gasteiger partial charge in [0, 0.05) is 5.56 Å². The average molecular weight is 283 g/mol. The van der Waals surface area contributed by atoms with Crippen LogP contribution in [0, 0.1) is 20.8 Å². The van der Waals surface area contributed by atoms with E-state index in [9.17, 15) is 4.79 Å². The summed E-state index contributed by atoms with van der Waals surface area (Å²) in [6.45, 7) is 7.14. The van der Waals surface area contributed by atoms with Crippen molar-refractivity contribution in [2.75, 3.05) is 13.2 Å². The molecule has 21 heavy (non-hydrogen) atoms. The minimum absolute atomic E-state index is 0.0731. The van der Waals surface area contributed by atoms with Crippen LogP contribution in [0.4, 0.5) is 0 Å². The maximum absolute atomic E-state index is 11.9. The van der Waals surface area contributed by atoms with E-state index in [2.05, 4.69) is 25.2 Å². The summed E-state index contributed by atoms with van der Waals surface area (Å²) in [6.07, 6.45) is 0. The molecule has 0 radical (unpaired) electrons. The first-order valence-electron chi connectivity index (χ1n) is 7.12. The van der Waals surface area contributed by atoms with E-state index in [1.54, 1.807) is 12.1 Å². The van der Waals surface area contributed by atoms with Crippen LogP contribution in [0.5, 0.6) is 5.75 Å². The molecule has 0 saturated heterocycles. The number of hydrogen-bond donors (Lipinski definition) is 1. The van der Waals surface area contributed by atoms with E-state index in [-0.39, 0.29) is 5.91 Å². The Hall–Kier alpha value is -2.29. The van der Waals surface area contributed by atoms with Crippen molar-refractivity contribution in [2.24, 2.45) is 0 Å². The lowest BCUT2D eigenvalue weighted by molar-refractivity contribution is 0.0947. The smallest absolute Gasteiger partial charge is 0.251 e. The van der Waals surface area contributed by atoms with Crippen molar-refractivity contribution in [2.45, 2.75) is 20.8 Å². The number of carbonyl (C=O) groups is 1. The largest absolute Gasteiger partial charge is 0.491 e. The highest BCUT2D eigenvalue weighted by molar-refractivity contribution is 5.94. The lowest BCUT2D eigenvalue weighted by atomic mass is 10.1. The van der Waals surface area contributed by atoms with Crippen molar-refractivity contribution in [3.63, 3.8) is 0 Å². The molecule has 2 rings (SSSR count). The Labute approximate surface area is 126 Å². The second kappa shape index (κ2) is 6.93. The van der Waals surface area contributed by atoms with Gasteiger partial charge in [-0.15, -0.1) is 0 Å². The first kappa shape index (κ1) is 15.1. The van der Waals surface area contributed by atoms with E-state index in [4.69, 9.17) is 4.74 Å². The number of amides is 1. The van der Waals surface area contributed by atoms with Crippen molar-refractivity contribution >= 4 is 5.91 Å². The third kappa shape index (κ3) is 4.09. The monoisotopic (exact) mass is 283 g/mol. The van der Waals surface area contributed by atoms with Gasteiger partial charge in [-0.2, -0.15) is 0 Å². The highest BCUT2D eigenvalue weighted by Gasteiger charge is 2.05. The number of rotatable bonds is 5. The molecule has 0 aliphatic rings. The van der Waals surface area contributed by atoms with E-state index in [0.717, 1.165) is 11.3 Å². The van der Waals surface area contributed by atoms with Crippen LogP contribution in [0.1, 0.15) is 27.0 Å². The second-order valence-electron chi connectivity index (χ2n) is 5.17. The number of ether oxygens (including phenoxy) is 1. The molecular formula is C18H21NO2. The number of hydrogen-bond acceptors (Lipinski definition) is 2.